The summed E-state index contributed by atoms with van der Waals surface area (Å²) in [7, 11) is 1.58. The number of benzene rings is 1. The van der Waals surface area contributed by atoms with Gasteiger partial charge in [-0.15, -0.1) is 0 Å². The van der Waals surface area contributed by atoms with E-state index in [2.05, 4.69) is 0 Å². The van der Waals surface area contributed by atoms with Gasteiger partial charge in [0.25, 0.3) is 0 Å². The molecule has 3 rings (SSSR count). The van der Waals surface area contributed by atoms with E-state index in [9.17, 15) is 14.7 Å². The van der Waals surface area contributed by atoms with Gasteiger partial charge in [0.05, 0.1) is 19.1 Å². The van der Waals surface area contributed by atoms with Crippen LogP contribution in [0.3, 0.4) is 0 Å². The van der Waals surface area contributed by atoms with Crippen molar-refractivity contribution in [3.05, 3.63) is 29.8 Å². The van der Waals surface area contributed by atoms with Crippen LogP contribution in [0.5, 0.6) is 5.75 Å². The molecule has 1 aromatic carbocycles. The zero-order chi connectivity index (χ0) is 14.3. The maximum absolute atomic E-state index is 12.1. The predicted molar refractivity (Wildman–Crippen MR) is 71.3 cm³/mol. The molecule has 1 heterocycles. The van der Waals surface area contributed by atoms with E-state index >= 15 is 0 Å². The largest absolute Gasteiger partial charge is 0.497 e. The van der Waals surface area contributed by atoms with Crippen LogP contribution in [0.1, 0.15) is 30.9 Å². The number of nitrogens with zero attached hydrogens (tertiary/aromatic N) is 1. The Morgan fingerprint density at radius 2 is 2.15 bits per heavy atom. The fraction of sp³-hybridized carbons (Fsp3) is 0.467. The zero-order valence-corrected chi connectivity index (χ0v) is 11.3. The minimum Gasteiger partial charge on any atom is -0.497 e. The van der Waals surface area contributed by atoms with Crippen LogP contribution in [-0.2, 0) is 9.59 Å². The van der Waals surface area contributed by atoms with E-state index in [1.165, 1.54) is 0 Å². The lowest BCUT2D eigenvalue weighted by molar-refractivity contribution is -0.142. The molecule has 2 aliphatic rings. The first kappa shape index (κ1) is 13.0. The fourth-order valence-corrected chi connectivity index (χ4v) is 2.98. The van der Waals surface area contributed by atoms with Crippen molar-refractivity contribution in [1.82, 2.24) is 4.90 Å². The summed E-state index contributed by atoms with van der Waals surface area (Å²) in [6.45, 7) is 0. The van der Waals surface area contributed by atoms with Gasteiger partial charge in [0, 0.05) is 12.5 Å². The van der Waals surface area contributed by atoms with E-state index in [4.69, 9.17) is 4.74 Å². The van der Waals surface area contributed by atoms with Crippen molar-refractivity contribution in [1.29, 1.82) is 0 Å². The van der Waals surface area contributed by atoms with E-state index < -0.39 is 11.9 Å². The highest BCUT2D eigenvalue weighted by Crippen LogP contribution is 2.45. The summed E-state index contributed by atoms with van der Waals surface area (Å²) >= 11 is 0. The standard InChI is InChI=1S/C15H17NO4/c1-20-11-4-2-3-9(7-11)14-12(15(18)19)8-13(17)16(14)10-5-6-10/h2-4,7,10,12,14H,5-6,8H2,1H3,(H,18,19)/t12-,14-/m0/s1. The number of carbonyl (C=O) groups excluding carboxylic acids is 1. The van der Waals surface area contributed by atoms with E-state index in [0.717, 1.165) is 18.4 Å². The second kappa shape index (κ2) is 4.81. The molecule has 1 saturated carbocycles. The third kappa shape index (κ3) is 2.13. The summed E-state index contributed by atoms with van der Waals surface area (Å²) in [5.74, 6) is -0.945. The van der Waals surface area contributed by atoms with E-state index in [1.807, 2.05) is 24.3 Å². The van der Waals surface area contributed by atoms with Crippen molar-refractivity contribution in [2.45, 2.75) is 31.3 Å². The van der Waals surface area contributed by atoms with Gasteiger partial charge in [-0.1, -0.05) is 12.1 Å². The minimum atomic E-state index is -0.908. The number of rotatable bonds is 4. The molecule has 1 aliphatic carbocycles. The van der Waals surface area contributed by atoms with Crippen LogP contribution in [0.15, 0.2) is 24.3 Å². The average Bonchev–Trinajstić information content (AvgIpc) is 3.21. The van der Waals surface area contributed by atoms with Crippen LogP contribution in [-0.4, -0.2) is 35.0 Å². The van der Waals surface area contributed by atoms with Gasteiger partial charge >= 0.3 is 5.97 Å². The molecular formula is C15H17NO4. The number of hydrogen-bond donors (Lipinski definition) is 1. The molecule has 20 heavy (non-hydrogen) atoms. The first-order valence-corrected chi connectivity index (χ1v) is 6.79. The van der Waals surface area contributed by atoms with Gasteiger partial charge in [-0.3, -0.25) is 9.59 Å². The van der Waals surface area contributed by atoms with Crippen molar-refractivity contribution in [2.24, 2.45) is 5.92 Å². The lowest BCUT2D eigenvalue weighted by atomic mass is 9.93. The van der Waals surface area contributed by atoms with Gasteiger partial charge in [-0.05, 0) is 30.5 Å². The molecule has 1 saturated heterocycles. The van der Waals surface area contributed by atoms with Gasteiger partial charge in [0.15, 0.2) is 0 Å². The van der Waals surface area contributed by atoms with Gasteiger partial charge in [0.2, 0.25) is 5.91 Å². The Hall–Kier alpha value is -2.04. The molecule has 0 unspecified atom stereocenters. The molecule has 1 amide bonds. The topological polar surface area (TPSA) is 66.8 Å². The van der Waals surface area contributed by atoms with Crippen molar-refractivity contribution >= 4 is 11.9 Å². The molecule has 2 atom stereocenters. The van der Waals surface area contributed by atoms with Crippen LogP contribution in [0.2, 0.25) is 0 Å². The molecule has 0 radical (unpaired) electrons. The highest BCUT2D eigenvalue weighted by Gasteiger charge is 2.49. The van der Waals surface area contributed by atoms with Gasteiger partial charge in [0.1, 0.15) is 5.75 Å². The Morgan fingerprint density at radius 1 is 1.40 bits per heavy atom. The second-order valence-corrected chi connectivity index (χ2v) is 5.40. The quantitative estimate of drug-likeness (QED) is 0.910. The Bertz CT molecular complexity index is 553. The van der Waals surface area contributed by atoms with Crippen LogP contribution >= 0.6 is 0 Å². The molecule has 106 valence electrons. The van der Waals surface area contributed by atoms with Crippen LogP contribution < -0.4 is 4.74 Å². The molecule has 1 aliphatic heterocycles. The zero-order valence-electron chi connectivity index (χ0n) is 11.3. The number of likely N-dealkylation sites (tertiary alicyclic amines) is 1. The number of hydrogen-bond acceptors (Lipinski definition) is 3. The molecule has 0 bridgehead atoms. The molecule has 2 fully saturated rings. The maximum Gasteiger partial charge on any atom is 0.309 e. The minimum absolute atomic E-state index is 0.0484. The molecule has 5 heteroatoms. The Balaban J connectivity index is 2.00. The molecule has 0 spiro atoms. The van der Waals surface area contributed by atoms with E-state index in [-0.39, 0.29) is 24.4 Å². The van der Waals surface area contributed by atoms with Gasteiger partial charge in [-0.2, -0.15) is 0 Å². The van der Waals surface area contributed by atoms with Crippen LogP contribution in [0.4, 0.5) is 0 Å². The summed E-state index contributed by atoms with van der Waals surface area (Å²) in [5.41, 5.74) is 0.842. The number of carboxylic acid groups (broad SMARTS) is 1. The van der Waals surface area contributed by atoms with Crippen molar-refractivity contribution in [3.8, 4) is 5.75 Å². The Labute approximate surface area is 117 Å². The third-order valence-electron chi connectivity index (χ3n) is 4.06. The van der Waals surface area contributed by atoms with E-state index in [0.29, 0.717) is 5.75 Å². The van der Waals surface area contributed by atoms with Crippen molar-refractivity contribution < 1.29 is 19.4 Å². The highest BCUT2D eigenvalue weighted by molar-refractivity contribution is 5.87. The summed E-state index contributed by atoms with van der Waals surface area (Å²) in [5, 5.41) is 9.40. The fourth-order valence-electron chi connectivity index (χ4n) is 2.98. The molecule has 0 aromatic heterocycles. The van der Waals surface area contributed by atoms with Crippen molar-refractivity contribution in [3.63, 3.8) is 0 Å². The SMILES string of the molecule is COc1cccc([C@H]2[C@@H](C(=O)O)CC(=O)N2C2CC2)c1. The summed E-state index contributed by atoms with van der Waals surface area (Å²) in [6, 6.07) is 7.19. The van der Waals surface area contributed by atoms with Crippen molar-refractivity contribution in [2.75, 3.05) is 7.11 Å². The van der Waals surface area contributed by atoms with Gasteiger partial charge in [-0.25, -0.2) is 0 Å². The first-order valence-electron chi connectivity index (χ1n) is 6.79. The molecule has 1 aromatic rings. The lowest BCUT2D eigenvalue weighted by Gasteiger charge is -2.27. The number of carbonyl (C=O) groups is 2. The number of carboxylic acids is 1. The number of aliphatic carboxylic acids is 1. The first-order chi connectivity index (χ1) is 9.61. The summed E-state index contributed by atoms with van der Waals surface area (Å²) in [4.78, 5) is 25.4. The number of amides is 1. The Morgan fingerprint density at radius 3 is 2.75 bits per heavy atom. The molecular weight excluding hydrogens is 258 g/mol. The van der Waals surface area contributed by atoms with Crippen LogP contribution in [0.25, 0.3) is 0 Å². The highest BCUT2D eigenvalue weighted by atomic mass is 16.5. The number of ether oxygens (including phenoxy) is 1. The lowest BCUT2D eigenvalue weighted by Crippen LogP contribution is -2.32. The normalized spacial score (nSPS) is 25.9. The molecule has 1 N–H and O–H groups in total. The average molecular weight is 275 g/mol. The van der Waals surface area contributed by atoms with E-state index in [1.54, 1.807) is 12.0 Å². The second-order valence-electron chi connectivity index (χ2n) is 5.40. The monoisotopic (exact) mass is 275 g/mol. The Kier molecular flexibility index (Phi) is 3.12. The van der Waals surface area contributed by atoms with Gasteiger partial charge < -0.3 is 14.7 Å². The summed E-state index contributed by atoms with van der Waals surface area (Å²) < 4.78 is 5.20. The smallest absolute Gasteiger partial charge is 0.309 e. The maximum atomic E-state index is 12.1. The predicted octanol–water partition coefficient (Wildman–Crippen LogP) is 1.83. The molecule has 5 nitrogen and oxygen atoms in total. The third-order valence-corrected chi connectivity index (χ3v) is 4.06. The number of methoxy groups -OCH3 is 1. The summed E-state index contributed by atoms with van der Waals surface area (Å²) in [6.07, 6.45) is 2.03. The van der Waals surface area contributed by atoms with Crippen LogP contribution in [0, 0.1) is 5.92 Å².